The van der Waals surface area contributed by atoms with Crippen molar-refractivity contribution in [3.63, 3.8) is 0 Å². The minimum atomic E-state index is -1.54. The third kappa shape index (κ3) is 4.47. The zero-order chi connectivity index (χ0) is 25.4. The average Bonchev–Trinajstić information content (AvgIpc) is 3.10. The molecule has 1 N–H and O–H groups in total. The van der Waals surface area contributed by atoms with Crippen molar-refractivity contribution >= 4 is 5.91 Å². The smallest absolute Gasteiger partial charge is 0.257 e. The topological polar surface area (TPSA) is 109 Å². The van der Waals surface area contributed by atoms with Gasteiger partial charge in [-0.3, -0.25) is 4.79 Å². The van der Waals surface area contributed by atoms with Crippen LogP contribution >= 0.6 is 0 Å². The monoisotopic (exact) mass is 498 g/mol. The fraction of sp³-hybridized carbons (Fsp3) is 0.538. The van der Waals surface area contributed by atoms with E-state index in [-0.39, 0.29) is 48.0 Å². The third-order valence-corrected chi connectivity index (χ3v) is 7.47. The maximum atomic E-state index is 15.9. The van der Waals surface area contributed by atoms with Crippen molar-refractivity contribution in [1.29, 1.82) is 5.26 Å². The highest BCUT2D eigenvalue weighted by atomic mass is 19.1. The Bertz CT molecular complexity index is 1170. The van der Waals surface area contributed by atoms with Gasteiger partial charge in [0.05, 0.1) is 29.9 Å². The molecule has 0 spiro atoms. The van der Waals surface area contributed by atoms with E-state index in [2.05, 4.69) is 9.97 Å². The van der Waals surface area contributed by atoms with Gasteiger partial charge >= 0.3 is 0 Å². The van der Waals surface area contributed by atoms with E-state index in [9.17, 15) is 9.90 Å². The van der Waals surface area contributed by atoms with Gasteiger partial charge < -0.3 is 19.5 Å². The lowest BCUT2D eigenvalue weighted by Crippen LogP contribution is -2.40. The third-order valence-electron chi connectivity index (χ3n) is 7.47. The van der Waals surface area contributed by atoms with Crippen LogP contribution in [0.15, 0.2) is 24.5 Å². The Morgan fingerprint density at radius 3 is 2.61 bits per heavy atom. The van der Waals surface area contributed by atoms with E-state index in [0.29, 0.717) is 38.0 Å². The lowest BCUT2D eigenvalue weighted by Gasteiger charge is -2.37. The molecule has 2 aliphatic heterocycles. The average molecular weight is 499 g/mol. The second-order valence-corrected chi connectivity index (χ2v) is 9.74. The number of amides is 1. The van der Waals surface area contributed by atoms with Crippen LogP contribution < -0.4 is 0 Å². The highest BCUT2D eigenvalue weighted by molar-refractivity contribution is 5.99. The summed E-state index contributed by atoms with van der Waals surface area (Å²) in [5.41, 5.74) is -0.573. The second-order valence-electron chi connectivity index (χ2n) is 9.74. The lowest BCUT2D eigenvalue weighted by atomic mass is 9.76. The zero-order valence-corrected chi connectivity index (χ0v) is 20.0. The molecular formula is C26H28F2N4O4. The number of carbonyl (C=O) groups is 1. The molecule has 8 nitrogen and oxygen atoms in total. The van der Waals surface area contributed by atoms with E-state index >= 15 is 8.78 Å². The molecule has 0 unspecified atom stereocenters. The van der Waals surface area contributed by atoms with Crippen LogP contribution in [-0.2, 0) is 16.0 Å². The van der Waals surface area contributed by atoms with Crippen LogP contribution in [-0.4, -0.2) is 57.0 Å². The Labute approximate surface area is 207 Å². The first kappa shape index (κ1) is 24.7. The molecular weight excluding hydrogens is 470 g/mol. The van der Waals surface area contributed by atoms with E-state index in [1.807, 2.05) is 13.0 Å². The number of aliphatic hydroxyl groups is 1. The molecule has 1 aromatic carbocycles. The van der Waals surface area contributed by atoms with Gasteiger partial charge in [0.15, 0.2) is 6.23 Å². The molecule has 1 saturated heterocycles. The van der Waals surface area contributed by atoms with Gasteiger partial charge in [0.1, 0.15) is 23.4 Å². The van der Waals surface area contributed by atoms with Crippen LogP contribution in [0, 0.1) is 17.1 Å². The number of rotatable bonds is 7. The first-order chi connectivity index (χ1) is 17.3. The Morgan fingerprint density at radius 2 is 2.00 bits per heavy atom. The number of nitrogens with zero attached hydrogens (tertiary/aromatic N) is 4. The van der Waals surface area contributed by atoms with Gasteiger partial charge in [0, 0.05) is 49.9 Å². The van der Waals surface area contributed by atoms with Crippen molar-refractivity contribution in [2.75, 3.05) is 13.2 Å². The zero-order valence-electron chi connectivity index (χ0n) is 20.0. The van der Waals surface area contributed by atoms with Gasteiger partial charge in [0.2, 0.25) is 0 Å². The van der Waals surface area contributed by atoms with Crippen molar-refractivity contribution in [3.8, 4) is 6.07 Å². The lowest BCUT2D eigenvalue weighted by molar-refractivity contribution is -0.144. The molecule has 1 amide bonds. The summed E-state index contributed by atoms with van der Waals surface area (Å²) in [6.07, 6.45) is 2.54. The largest absolute Gasteiger partial charge is 0.393 e. The summed E-state index contributed by atoms with van der Waals surface area (Å²) < 4.78 is 43.0. The van der Waals surface area contributed by atoms with E-state index in [4.69, 9.17) is 14.7 Å². The summed E-state index contributed by atoms with van der Waals surface area (Å²) in [6.45, 7) is 2.41. The van der Waals surface area contributed by atoms with Crippen LogP contribution in [0.25, 0.3) is 0 Å². The predicted molar refractivity (Wildman–Crippen MR) is 123 cm³/mol. The van der Waals surface area contributed by atoms with Gasteiger partial charge in [-0.2, -0.15) is 5.26 Å². The molecule has 36 heavy (non-hydrogen) atoms. The number of alkyl halides is 1. The van der Waals surface area contributed by atoms with Crippen molar-refractivity contribution < 1.29 is 28.2 Å². The van der Waals surface area contributed by atoms with E-state index in [1.165, 1.54) is 23.4 Å². The van der Waals surface area contributed by atoms with Crippen molar-refractivity contribution in [2.24, 2.45) is 0 Å². The van der Waals surface area contributed by atoms with Crippen LogP contribution in [0.1, 0.15) is 84.0 Å². The maximum Gasteiger partial charge on any atom is 0.257 e. The second kappa shape index (κ2) is 9.81. The van der Waals surface area contributed by atoms with Crippen molar-refractivity contribution in [1.82, 2.24) is 14.9 Å². The highest BCUT2D eigenvalue weighted by Crippen LogP contribution is 2.46. The van der Waals surface area contributed by atoms with Gasteiger partial charge in [-0.25, -0.2) is 18.7 Å². The number of benzene rings is 1. The normalized spacial score (nSPS) is 25.7. The highest BCUT2D eigenvalue weighted by Gasteiger charge is 2.46. The molecule has 2 aromatic rings. The fourth-order valence-electron chi connectivity index (χ4n) is 5.42. The Balaban J connectivity index is 1.50. The molecule has 2 fully saturated rings. The molecule has 0 radical (unpaired) electrons. The summed E-state index contributed by atoms with van der Waals surface area (Å²) >= 11 is 0. The number of carbonyl (C=O) groups excluding carboxylic acids is 1. The Hall–Kier alpha value is -3.00. The predicted octanol–water partition coefficient (Wildman–Crippen LogP) is 3.69. The fourth-order valence-corrected chi connectivity index (χ4v) is 5.42. The molecule has 1 aliphatic carbocycles. The van der Waals surface area contributed by atoms with E-state index in [0.717, 1.165) is 0 Å². The number of aliphatic hydroxyl groups excluding tert-OH is 1. The summed E-state index contributed by atoms with van der Waals surface area (Å²) in [4.78, 5) is 23.2. The summed E-state index contributed by atoms with van der Waals surface area (Å²) in [5, 5.41) is 18.7. The molecule has 10 heteroatoms. The minimum absolute atomic E-state index is 0.0600. The molecule has 190 valence electrons. The molecule has 3 heterocycles. The Kier molecular flexibility index (Phi) is 6.72. The Morgan fingerprint density at radius 1 is 1.31 bits per heavy atom. The summed E-state index contributed by atoms with van der Waals surface area (Å²) in [7, 11) is 0. The number of nitriles is 1. The van der Waals surface area contributed by atoms with Crippen LogP contribution in [0.5, 0.6) is 0 Å². The van der Waals surface area contributed by atoms with E-state index in [1.54, 1.807) is 6.07 Å². The first-order valence-corrected chi connectivity index (χ1v) is 12.3. The van der Waals surface area contributed by atoms with Gasteiger partial charge in [-0.15, -0.1) is 0 Å². The summed E-state index contributed by atoms with van der Waals surface area (Å²) in [5.74, 6) is -1.39. The maximum absolute atomic E-state index is 15.9. The van der Waals surface area contributed by atoms with Crippen LogP contribution in [0.3, 0.4) is 0 Å². The van der Waals surface area contributed by atoms with Gasteiger partial charge in [-0.1, -0.05) is 6.92 Å². The number of hydrogen-bond acceptors (Lipinski definition) is 7. The van der Waals surface area contributed by atoms with E-state index < -0.39 is 35.6 Å². The molecule has 3 aliphatic rings. The molecule has 1 aromatic heterocycles. The number of fused-ring (bicyclic) bond motifs is 1. The van der Waals surface area contributed by atoms with Crippen molar-refractivity contribution in [3.05, 3.63) is 58.4 Å². The quantitative estimate of drug-likeness (QED) is 0.620. The van der Waals surface area contributed by atoms with Gasteiger partial charge in [-0.05, 0) is 37.0 Å². The number of halogens is 2. The summed E-state index contributed by atoms with van der Waals surface area (Å²) in [6, 6.07) is 4.86. The number of hydrogen-bond donors (Lipinski definition) is 1. The minimum Gasteiger partial charge on any atom is -0.393 e. The van der Waals surface area contributed by atoms with Crippen LogP contribution in [0.4, 0.5) is 8.78 Å². The van der Waals surface area contributed by atoms with Crippen LogP contribution in [0.2, 0.25) is 0 Å². The standard InChI is InChI=1S/C26H28F2N4O4/c1-2-20(26(28)3-5-35-6-4-26)16-7-19-23(21(27)8-16)25(36-18-9-17(33)10-18)32(24(19)34)14-22-30-12-15(11-29)13-31-22/h7-8,12-13,17-18,20,25,33H,2-6,9-10,14H2,1H3/t17-,18+,20-,25-/m1/s1. The first-order valence-electron chi connectivity index (χ1n) is 12.3. The molecule has 2 atom stereocenters. The molecule has 1 saturated carbocycles. The van der Waals surface area contributed by atoms with Crippen molar-refractivity contribution in [2.45, 2.75) is 75.6 Å². The molecule has 5 rings (SSSR count). The number of aromatic nitrogens is 2. The molecule has 0 bridgehead atoms. The van der Waals surface area contributed by atoms with Gasteiger partial charge in [0.25, 0.3) is 5.91 Å². The SMILES string of the molecule is CC[C@H](c1cc(F)c2c(c1)C(=O)N(Cc1ncc(C#N)cn1)[C@@H]2O[C@H]1C[C@@H](O)C1)C1(F)CCOCC1. The number of ether oxygens (including phenoxy) is 2.